The highest BCUT2D eigenvalue weighted by atomic mass is 32.2. The molecule has 0 aliphatic carbocycles. The van der Waals surface area contributed by atoms with Crippen molar-refractivity contribution in [3.63, 3.8) is 0 Å². The lowest BCUT2D eigenvalue weighted by molar-refractivity contribution is -0.113. The monoisotopic (exact) mass is 468 g/mol. The number of hydrogen-bond acceptors (Lipinski definition) is 6. The molecule has 8 nitrogen and oxygen atoms in total. The number of carbonyl (C=O) groups excluding carboxylic acids is 2. The zero-order chi connectivity index (χ0) is 23.2. The molecule has 0 unspecified atom stereocenters. The molecule has 2 N–H and O–H groups in total. The molecule has 4 aromatic rings. The van der Waals surface area contributed by atoms with E-state index < -0.39 is 5.82 Å². The summed E-state index contributed by atoms with van der Waals surface area (Å²) in [5.41, 5.74) is 1.40. The van der Waals surface area contributed by atoms with Crippen LogP contribution < -0.4 is 10.6 Å². The van der Waals surface area contributed by atoms with E-state index in [0.717, 1.165) is 0 Å². The number of anilines is 1. The van der Waals surface area contributed by atoms with Crippen molar-refractivity contribution in [1.29, 1.82) is 0 Å². The van der Waals surface area contributed by atoms with Crippen molar-refractivity contribution in [2.45, 2.75) is 11.4 Å². The van der Waals surface area contributed by atoms with Crippen LogP contribution in [0.3, 0.4) is 0 Å². The van der Waals surface area contributed by atoms with Crippen LogP contribution in [0.5, 0.6) is 0 Å². The van der Waals surface area contributed by atoms with E-state index in [0.29, 0.717) is 34.2 Å². The Hall–Kier alpha value is -3.86. The Kier molecular flexibility index (Phi) is 6.89. The maximum Gasteiger partial charge on any atom is 0.251 e. The van der Waals surface area contributed by atoms with Gasteiger partial charge in [-0.1, -0.05) is 11.8 Å². The van der Waals surface area contributed by atoms with Crippen LogP contribution in [-0.4, -0.2) is 43.9 Å². The van der Waals surface area contributed by atoms with Crippen molar-refractivity contribution in [2.75, 3.05) is 17.6 Å². The van der Waals surface area contributed by atoms with Gasteiger partial charge in [0.1, 0.15) is 16.7 Å². The van der Waals surface area contributed by atoms with Crippen molar-refractivity contribution in [2.24, 2.45) is 0 Å². The number of rotatable bonds is 8. The molecular formula is C22H18F2N6O2S. The molecule has 0 radical (unpaired) electrons. The maximum absolute atomic E-state index is 13.0. The molecule has 168 valence electrons. The minimum atomic E-state index is -0.408. The topological polar surface area (TPSA) is 101 Å². The number of amides is 2. The van der Waals surface area contributed by atoms with Crippen LogP contribution in [0, 0.1) is 11.6 Å². The van der Waals surface area contributed by atoms with Gasteiger partial charge in [0.2, 0.25) is 5.91 Å². The normalized spacial score (nSPS) is 10.8. The average molecular weight is 468 g/mol. The van der Waals surface area contributed by atoms with E-state index in [2.05, 4.69) is 25.9 Å². The summed E-state index contributed by atoms with van der Waals surface area (Å²) in [6, 6.07) is 14.3. The van der Waals surface area contributed by atoms with E-state index in [9.17, 15) is 18.4 Å². The maximum atomic E-state index is 13.0. The van der Waals surface area contributed by atoms with Crippen molar-refractivity contribution >= 4 is 34.9 Å². The third-order valence-corrected chi connectivity index (χ3v) is 5.44. The number of hydrogen-bond donors (Lipinski definition) is 2. The Balaban J connectivity index is 1.32. The van der Waals surface area contributed by atoms with Gasteiger partial charge in [-0.2, -0.15) is 9.61 Å². The molecular weight excluding hydrogens is 450 g/mol. The molecule has 0 atom stereocenters. The van der Waals surface area contributed by atoms with Gasteiger partial charge in [-0.05, 0) is 60.7 Å². The van der Waals surface area contributed by atoms with Gasteiger partial charge in [0.05, 0.1) is 5.75 Å². The molecule has 11 heteroatoms. The molecule has 0 aliphatic heterocycles. The zero-order valence-corrected chi connectivity index (χ0v) is 18.0. The predicted molar refractivity (Wildman–Crippen MR) is 119 cm³/mol. The minimum Gasteiger partial charge on any atom is -0.352 e. The lowest BCUT2D eigenvalue weighted by Crippen LogP contribution is -2.26. The first-order valence-electron chi connectivity index (χ1n) is 9.91. The number of thioether (sulfide) groups is 1. The molecule has 2 aromatic heterocycles. The van der Waals surface area contributed by atoms with Crippen molar-refractivity contribution in [3.8, 4) is 0 Å². The molecule has 0 bridgehead atoms. The van der Waals surface area contributed by atoms with Gasteiger partial charge in [-0.25, -0.2) is 8.78 Å². The highest BCUT2D eigenvalue weighted by Gasteiger charge is 2.11. The second kappa shape index (κ2) is 10.2. The largest absolute Gasteiger partial charge is 0.352 e. The molecule has 2 aromatic carbocycles. The van der Waals surface area contributed by atoms with Crippen LogP contribution in [0.15, 0.2) is 65.7 Å². The summed E-state index contributed by atoms with van der Waals surface area (Å²) in [5, 5.41) is 18.7. The number of nitrogens with zero attached hydrogens (tertiary/aromatic N) is 4. The number of fused-ring (bicyclic) bond motifs is 1. The van der Waals surface area contributed by atoms with Gasteiger partial charge in [0, 0.05) is 24.2 Å². The number of aromatic nitrogens is 4. The summed E-state index contributed by atoms with van der Waals surface area (Å²) in [6.07, 6.45) is 0.375. The third kappa shape index (κ3) is 5.89. The van der Waals surface area contributed by atoms with Crippen LogP contribution in [0.4, 0.5) is 14.5 Å². The van der Waals surface area contributed by atoms with Crippen LogP contribution >= 0.6 is 11.8 Å². The summed E-state index contributed by atoms with van der Waals surface area (Å²) < 4.78 is 27.5. The minimum absolute atomic E-state index is 0.112. The Bertz CT molecular complexity index is 1280. The first-order valence-corrected chi connectivity index (χ1v) is 10.9. The van der Waals surface area contributed by atoms with Crippen molar-refractivity contribution < 1.29 is 18.4 Å². The van der Waals surface area contributed by atoms with Crippen molar-refractivity contribution in [3.05, 3.63) is 83.7 Å². The smallest absolute Gasteiger partial charge is 0.251 e. The molecule has 2 heterocycles. The predicted octanol–water partition coefficient (Wildman–Crippen LogP) is 3.11. The van der Waals surface area contributed by atoms with Gasteiger partial charge in [0.15, 0.2) is 11.5 Å². The second-order valence-corrected chi connectivity index (χ2v) is 7.91. The Morgan fingerprint density at radius 3 is 2.33 bits per heavy atom. The second-order valence-electron chi connectivity index (χ2n) is 6.91. The fourth-order valence-corrected chi connectivity index (χ4v) is 3.57. The Labute approximate surface area is 191 Å². The highest BCUT2D eigenvalue weighted by molar-refractivity contribution is 7.99. The quantitative estimate of drug-likeness (QED) is 0.386. The standard InChI is InChI=1S/C22H18F2N6O2S/c23-15-3-1-14(2-4-15)22(32)25-12-11-19-28-27-18-9-10-21(29-30(18)19)33-13-20(31)26-17-7-5-16(24)6-8-17/h1-10H,11-13H2,(H,25,32)(H,26,31). The van der Waals surface area contributed by atoms with E-state index in [-0.39, 0.29) is 29.9 Å². The molecule has 4 rings (SSSR count). The number of nitrogens with one attached hydrogen (secondary N) is 2. The molecule has 0 saturated heterocycles. The summed E-state index contributed by atoms with van der Waals surface area (Å²) in [5.74, 6) is -0.696. The first-order chi connectivity index (χ1) is 16.0. The van der Waals surface area contributed by atoms with E-state index in [4.69, 9.17) is 0 Å². The SMILES string of the molecule is O=C(CSc1ccc2nnc(CCNC(=O)c3ccc(F)cc3)n2n1)Nc1ccc(F)cc1. The van der Waals surface area contributed by atoms with Gasteiger partial charge < -0.3 is 10.6 Å². The number of halogens is 2. The van der Waals surface area contributed by atoms with Crippen LogP contribution in [0.1, 0.15) is 16.2 Å². The number of carbonyl (C=O) groups is 2. The summed E-state index contributed by atoms with van der Waals surface area (Å²) >= 11 is 1.23. The van der Waals surface area contributed by atoms with Gasteiger partial charge >= 0.3 is 0 Å². The zero-order valence-electron chi connectivity index (χ0n) is 17.2. The van der Waals surface area contributed by atoms with Crippen molar-refractivity contribution in [1.82, 2.24) is 25.1 Å². The molecule has 33 heavy (non-hydrogen) atoms. The van der Waals surface area contributed by atoms with E-state index in [1.165, 1.54) is 60.3 Å². The van der Waals surface area contributed by atoms with Crippen LogP contribution in [-0.2, 0) is 11.2 Å². The van der Waals surface area contributed by atoms with Crippen LogP contribution in [0.2, 0.25) is 0 Å². The van der Waals surface area contributed by atoms with E-state index in [1.54, 1.807) is 16.6 Å². The molecule has 0 saturated carbocycles. The highest BCUT2D eigenvalue weighted by Crippen LogP contribution is 2.17. The summed E-state index contributed by atoms with van der Waals surface area (Å²) in [6.45, 7) is 0.288. The molecule has 0 aliphatic rings. The van der Waals surface area contributed by atoms with E-state index in [1.807, 2.05) is 0 Å². The fourth-order valence-electron chi connectivity index (χ4n) is 2.91. The number of benzene rings is 2. The van der Waals surface area contributed by atoms with Gasteiger partial charge in [0.25, 0.3) is 5.91 Å². The molecule has 0 fully saturated rings. The van der Waals surface area contributed by atoms with Gasteiger partial charge in [-0.3, -0.25) is 9.59 Å². The van der Waals surface area contributed by atoms with Gasteiger partial charge in [-0.15, -0.1) is 10.2 Å². The molecule has 2 amide bonds. The molecule has 0 spiro atoms. The third-order valence-electron chi connectivity index (χ3n) is 4.52. The fraction of sp³-hybridized carbons (Fsp3) is 0.136. The average Bonchev–Trinajstić information content (AvgIpc) is 3.22. The lowest BCUT2D eigenvalue weighted by Gasteiger charge is -2.06. The summed E-state index contributed by atoms with van der Waals surface area (Å²) in [4.78, 5) is 24.3. The summed E-state index contributed by atoms with van der Waals surface area (Å²) in [7, 11) is 0. The Morgan fingerprint density at radius 1 is 0.909 bits per heavy atom. The lowest BCUT2D eigenvalue weighted by atomic mass is 10.2. The van der Waals surface area contributed by atoms with E-state index >= 15 is 0 Å². The van der Waals surface area contributed by atoms with Crippen LogP contribution in [0.25, 0.3) is 5.65 Å². The Morgan fingerprint density at radius 2 is 1.61 bits per heavy atom. The first kappa shape index (κ1) is 22.3.